The van der Waals surface area contributed by atoms with Crippen molar-refractivity contribution >= 4 is 37.0 Å². The Balaban J connectivity index is 2.08. The molecule has 0 spiro atoms. The minimum Gasteiger partial charge on any atom is -0.378 e. The largest absolute Gasteiger partial charge is 0.378 e. The summed E-state index contributed by atoms with van der Waals surface area (Å²) in [5.41, 5.74) is 0. The Morgan fingerprint density at radius 3 is 2.57 bits per heavy atom. The molecule has 0 unspecified atom stereocenters. The maximum Gasteiger partial charge on any atom is 0.263 e. The second-order valence-electron chi connectivity index (χ2n) is 4.92. The van der Waals surface area contributed by atoms with E-state index in [1.165, 1.54) is 17.4 Å². The van der Waals surface area contributed by atoms with Crippen molar-refractivity contribution in [3.05, 3.63) is 15.8 Å². The van der Waals surface area contributed by atoms with Gasteiger partial charge in [-0.15, -0.1) is 11.3 Å². The molecule has 118 valence electrons. The smallest absolute Gasteiger partial charge is 0.263 e. The van der Waals surface area contributed by atoms with Gasteiger partial charge in [-0.1, -0.05) is 0 Å². The maximum atomic E-state index is 12.4. The maximum absolute atomic E-state index is 12.4. The summed E-state index contributed by atoms with van der Waals surface area (Å²) < 4.78 is 28.4. The summed E-state index contributed by atoms with van der Waals surface area (Å²) in [6.07, 6.45) is 1.83. The van der Waals surface area contributed by atoms with Gasteiger partial charge in [-0.05, 0) is 32.8 Å². The van der Waals surface area contributed by atoms with E-state index in [1.54, 1.807) is 11.8 Å². The summed E-state index contributed by atoms with van der Waals surface area (Å²) in [4.78, 5) is 15.1. The molecule has 0 aliphatic carbocycles. The number of hydrogen-bond acceptors (Lipinski definition) is 5. The summed E-state index contributed by atoms with van der Waals surface area (Å²) in [5.74, 6) is -0.135. The van der Waals surface area contributed by atoms with Crippen molar-refractivity contribution in [2.45, 2.75) is 37.7 Å². The molecule has 1 amide bonds. The van der Waals surface area contributed by atoms with E-state index < -0.39 is 9.05 Å². The second-order valence-corrected chi connectivity index (χ2v) is 8.71. The van der Waals surface area contributed by atoms with Gasteiger partial charge < -0.3 is 9.64 Å². The van der Waals surface area contributed by atoms with Gasteiger partial charge >= 0.3 is 0 Å². The molecule has 0 atom stereocenters. The average Bonchev–Trinajstić information content (AvgIpc) is 2.81. The van der Waals surface area contributed by atoms with Crippen LogP contribution in [-0.2, 0) is 13.8 Å². The molecule has 1 aliphatic rings. The number of carbonyl (C=O) groups is 1. The average molecular weight is 352 g/mol. The summed E-state index contributed by atoms with van der Waals surface area (Å²) >= 11 is 1.17. The highest BCUT2D eigenvalue weighted by atomic mass is 35.7. The van der Waals surface area contributed by atoms with Crippen LogP contribution in [-0.4, -0.2) is 45.0 Å². The fourth-order valence-electron chi connectivity index (χ4n) is 2.43. The van der Waals surface area contributed by atoms with E-state index in [9.17, 15) is 13.2 Å². The van der Waals surface area contributed by atoms with Crippen LogP contribution in [0.1, 0.15) is 34.3 Å². The highest BCUT2D eigenvalue weighted by Crippen LogP contribution is 2.29. The Kier molecular flexibility index (Phi) is 5.29. The first-order valence-electron chi connectivity index (χ1n) is 6.79. The van der Waals surface area contributed by atoms with Gasteiger partial charge in [-0.25, -0.2) is 8.42 Å². The number of rotatable bonds is 4. The van der Waals surface area contributed by atoms with E-state index in [2.05, 4.69) is 0 Å². The lowest BCUT2D eigenvalue weighted by Crippen LogP contribution is -2.40. The van der Waals surface area contributed by atoms with Crippen LogP contribution in [0.5, 0.6) is 0 Å². The summed E-state index contributed by atoms with van der Waals surface area (Å²) in [6.45, 7) is 5.55. The molecule has 1 saturated heterocycles. The number of thiophene rings is 1. The van der Waals surface area contributed by atoms with Gasteiger partial charge in [0, 0.05) is 35.3 Å². The molecule has 0 radical (unpaired) electrons. The molecule has 0 N–H and O–H groups in total. The molecule has 21 heavy (non-hydrogen) atoms. The van der Waals surface area contributed by atoms with Crippen molar-refractivity contribution in [1.29, 1.82) is 0 Å². The molecule has 2 heterocycles. The molecule has 1 aromatic heterocycles. The van der Waals surface area contributed by atoms with Crippen LogP contribution in [0, 0.1) is 6.92 Å². The fourth-order valence-corrected chi connectivity index (χ4v) is 5.06. The Bertz CT molecular complexity index is 618. The van der Waals surface area contributed by atoms with Gasteiger partial charge in [0.2, 0.25) is 0 Å². The fraction of sp³-hybridized carbons (Fsp3) is 0.615. The molecule has 2 rings (SSSR count). The SMILES string of the molecule is CCOC1CCN(C(=O)c2cc(S(=O)(=O)Cl)c(C)s2)CC1. The highest BCUT2D eigenvalue weighted by Gasteiger charge is 2.27. The number of carbonyl (C=O) groups excluding carboxylic acids is 1. The van der Waals surface area contributed by atoms with Gasteiger partial charge in [-0.3, -0.25) is 4.79 Å². The standard InChI is InChI=1S/C13H18ClNO4S2/c1-3-19-10-4-6-15(7-5-10)13(16)11-8-12(9(2)20-11)21(14,17)18/h8,10H,3-7H2,1-2H3. The number of likely N-dealkylation sites (tertiary alicyclic amines) is 1. The summed E-state index contributed by atoms with van der Waals surface area (Å²) in [6, 6.07) is 1.37. The van der Waals surface area contributed by atoms with Crippen molar-refractivity contribution in [1.82, 2.24) is 4.90 Å². The van der Waals surface area contributed by atoms with E-state index >= 15 is 0 Å². The Morgan fingerprint density at radius 1 is 1.48 bits per heavy atom. The second kappa shape index (κ2) is 6.64. The third-order valence-corrected chi connectivity index (χ3v) is 6.09. The van der Waals surface area contributed by atoms with Crippen molar-refractivity contribution in [2.24, 2.45) is 0 Å². The monoisotopic (exact) mass is 351 g/mol. The molecule has 5 nitrogen and oxygen atoms in total. The van der Waals surface area contributed by atoms with E-state index in [4.69, 9.17) is 15.4 Å². The normalized spacial score (nSPS) is 17.2. The zero-order chi connectivity index (χ0) is 15.6. The summed E-state index contributed by atoms with van der Waals surface area (Å²) in [7, 11) is 1.56. The Hall–Kier alpha value is -0.630. The first-order valence-corrected chi connectivity index (χ1v) is 9.91. The lowest BCUT2D eigenvalue weighted by molar-refractivity contribution is 0.0147. The predicted octanol–water partition coefficient (Wildman–Crippen LogP) is 2.63. The third-order valence-electron chi connectivity index (χ3n) is 3.48. The topological polar surface area (TPSA) is 63.7 Å². The van der Waals surface area contributed by atoms with E-state index in [1.807, 2.05) is 6.92 Å². The minimum atomic E-state index is -3.80. The predicted molar refractivity (Wildman–Crippen MR) is 82.6 cm³/mol. The van der Waals surface area contributed by atoms with E-state index in [0.717, 1.165) is 12.8 Å². The lowest BCUT2D eigenvalue weighted by atomic mass is 10.1. The molecule has 8 heteroatoms. The van der Waals surface area contributed by atoms with Crippen LogP contribution in [0.4, 0.5) is 0 Å². The van der Waals surface area contributed by atoms with E-state index in [-0.39, 0.29) is 16.9 Å². The molecular formula is C13H18ClNO4S2. The van der Waals surface area contributed by atoms with Crippen molar-refractivity contribution in [2.75, 3.05) is 19.7 Å². The molecule has 1 aromatic rings. The van der Waals surface area contributed by atoms with Crippen LogP contribution in [0.2, 0.25) is 0 Å². The van der Waals surface area contributed by atoms with Crippen molar-refractivity contribution < 1.29 is 17.9 Å². The van der Waals surface area contributed by atoms with Crippen LogP contribution in [0.3, 0.4) is 0 Å². The van der Waals surface area contributed by atoms with Crippen LogP contribution in [0.15, 0.2) is 11.0 Å². The molecule has 0 bridgehead atoms. The highest BCUT2D eigenvalue weighted by molar-refractivity contribution is 8.13. The number of amides is 1. The number of piperidine rings is 1. The first kappa shape index (κ1) is 16.7. The number of halogens is 1. The quantitative estimate of drug-likeness (QED) is 0.782. The van der Waals surface area contributed by atoms with E-state index in [0.29, 0.717) is 29.5 Å². The van der Waals surface area contributed by atoms with Gasteiger partial charge in [0.05, 0.1) is 15.9 Å². The zero-order valence-electron chi connectivity index (χ0n) is 12.0. The number of aryl methyl sites for hydroxylation is 1. The Morgan fingerprint density at radius 2 is 2.10 bits per heavy atom. The molecule has 1 fully saturated rings. The van der Waals surface area contributed by atoms with Gasteiger partial charge in [0.1, 0.15) is 0 Å². The third kappa shape index (κ3) is 3.97. The van der Waals surface area contributed by atoms with Gasteiger partial charge in [-0.2, -0.15) is 0 Å². The number of ether oxygens (including phenoxy) is 1. The molecule has 0 aromatic carbocycles. The van der Waals surface area contributed by atoms with Crippen molar-refractivity contribution in [3.8, 4) is 0 Å². The summed E-state index contributed by atoms with van der Waals surface area (Å²) in [5, 5.41) is 0. The molecule has 1 aliphatic heterocycles. The minimum absolute atomic E-state index is 0.0294. The number of hydrogen-bond donors (Lipinski definition) is 0. The van der Waals surface area contributed by atoms with Gasteiger partial charge in [0.15, 0.2) is 0 Å². The Labute approximate surface area is 133 Å². The van der Waals surface area contributed by atoms with Crippen LogP contribution in [0.25, 0.3) is 0 Å². The zero-order valence-corrected chi connectivity index (χ0v) is 14.4. The first-order chi connectivity index (χ1) is 9.82. The van der Waals surface area contributed by atoms with Crippen LogP contribution < -0.4 is 0 Å². The molecular weight excluding hydrogens is 334 g/mol. The van der Waals surface area contributed by atoms with Crippen molar-refractivity contribution in [3.63, 3.8) is 0 Å². The molecule has 0 saturated carbocycles. The van der Waals surface area contributed by atoms with Gasteiger partial charge in [0.25, 0.3) is 15.0 Å². The number of nitrogens with zero attached hydrogens (tertiary/aromatic N) is 1. The lowest BCUT2D eigenvalue weighted by Gasteiger charge is -2.31. The van der Waals surface area contributed by atoms with Crippen LogP contribution >= 0.6 is 22.0 Å².